The van der Waals surface area contributed by atoms with Gasteiger partial charge in [0, 0.05) is 19.0 Å². The van der Waals surface area contributed by atoms with Gasteiger partial charge in [-0.05, 0) is 17.7 Å². The van der Waals surface area contributed by atoms with Gasteiger partial charge in [0.15, 0.2) is 0 Å². The lowest BCUT2D eigenvalue weighted by Crippen LogP contribution is -2.31. The molecule has 3 heteroatoms. The summed E-state index contributed by atoms with van der Waals surface area (Å²) >= 11 is 0. The van der Waals surface area contributed by atoms with Crippen molar-refractivity contribution in [1.29, 1.82) is 5.26 Å². The quantitative estimate of drug-likeness (QED) is 0.837. The highest BCUT2D eigenvalue weighted by molar-refractivity contribution is 5.85. The molecular weight excluding hydrogens is 224 g/mol. The average Bonchev–Trinajstić information content (AvgIpc) is 2.39. The summed E-state index contributed by atoms with van der Waals surface area (Å²) in [6.07, 6.45) is 0.532. The number of nitrogens with one attached hydrogen (secondary N) is 1. The molecule has 0 fully saturated rings. The molecule has 1 aromatic carbocycles. The highest BCUT2D eigenvalue weighted by Crippen LogP contribution is 2.18. The molecule has 18 heavy (non-hydrogen) atoms. The van der Waals surface area contributed by atoms with Crippen LogP contribution in [0.3, 0.4) is 0 Å². The Hall–Kier alpha value is -1.66. The molecule has 1 unspecified atom stereocenters. The SMILES string of the molecule is CCC(=O)C(CNC(C)C)c1ccc(C#N)cc1. The molecular formula is C15H20N2O. The lowest BCUT2D eigenvalue weighted by molar-refractivity contribution is -0.120. The van der Waals surface area contributed by atoms with E-state index < -0.39 is 0 Å². The Labute approximate surface area is 109 Å². The Morgan fingerprint density at radius 3 is 2.39 bits per heavy atom. The van der Waals surface area contributed by atoms with Crippen LogP contribution in [0.2, 0.25) is 0 Å². The van der Waals surface area contributed by atoms with E-state index in [4.69, 9.17) is 5.26 Å². The molecule has 0 amide bonds. The minimum atomic E-state index is -0.120. The van der Waals surface area contributed by atoms with E-state index in [1.807, 2.05) is 19.1 Å². The van der Waals surface area contributed by atoms with Gasteiger partial charge in [0.2, 0.25) is 0 Å². The van der Waals surface area contributed by atoms with E-state index >= 15 is 0 Å². The van der Waals surface area contributed by atoms with Crippen LogP contribution in [-0.2, 0) is 4.79 Å². The number of benzene rings is 1. The standard InChI is InChI=1S/C15H20N2O/c1-4-15(18)14(10-17-11(2)3)13-7-5-12(9-16)6-8-13/h5-8,11,14,17H,4,10H2,1-3H3. The highest BCUT2D eigenvalue weighted by atomic mass is 16.1. The largest absolute Gasteiger partial charge is 0.313 e. The van der Waals surface area contributed by atoms with E-state index in [0.29, 0.717) is 24.6 Å². The van der Waals surface area contributed by atoms with Crippen molar-refractivity contribution in [2.75, 3.05) is 6.54 Å². The van der Waals surface area contributed by atoms with Gasteiger partial charge < -0.3 is 5.32 Å². The molecule has 0 saturated carbocycles. The fourth-order valence-electron chi connectivity index (χ4n) is 1.81. The monoisotopic (exact) mass is 244 g/mol. The number of nitriles is 1. The van der Waals surface area contributed by atoms with Crippen LogP contribution in [0.1, 0.15) is 44.2 Å². The van der Waals surface area contributed by atoms with E-state index in [1.54, 1.807) is 12.1 Å². The summed E-state index contributed by atoms with van der Waals surface area (Å²) in [6, 6.07) is 9.72. The van der Waals surface area contributed by atoms with Gasteiger partial charge in [-0.1, -0.05) is 32.9 Å². The topological polar surface area (TPSA) is 52.9 Å². The Morgan fingerprint density at radius 1 is 1.33 bits per heavy atom. The first-order chi connectivity index (χ1) is 8.58. The highest BCUT2D eigenvalue weighted by Gasteiger charge is 2.18. The number of rotatable bonds is 6. The lowest BCUT2D eigenvalue weighted by Gasteiger charge is -2.18. The molecule has 0 aromatic heterocycles. The zero-order valence-electron chi connectivity index (χ0n) is 11.2. The van der Waals surface area contributed by atoms with Crippen LogP contribution in [0.5, 0.6) is 0 Å². The van der Waals surface area contributed by atoms with Gasteiger partial charge in [-0.3, -0.25) is 4.79 Å². The first-order valence-electron chi connectivity index (χ1n) is 6.34. The van der Waals surface area contributed by atoms with Crippen molar-refractivity contribution in [3.05, 3.63) is 35.4 Å². The Kier molecular flexibility index (Phi) is 5.54. The molecule has 1 N–H and O–H groups in total. The fourth-order valence-corrected chi connectivity index (χ4v) is 1.81. The molecule has 0 spiro atoms. The summed E-state index contributed by atoms with van der Waals surface area (Å²) in [5.74, 6) is 0.109. The van der Waals surface area contributed by atoms with E-state index in [2.05, 4.69) is 25.2 Å². The third-order valence-electron chi connectivity index (χ3n) is 2.91. The fraction of sp³-hybridized carbons (Fsp3) is 0.467. The number of hydrogen-bond donors (Lipinski definition) is 1. The van der Waals surface area contributed by atoms with Crippen molar-refractivity contribution in [3.8, 4) is 6.07 Å². The number of nitrogens with zero attached hydrogens (tertiary/aromatic N) is 1. The van der Waals surface area contributed by atoms with Crippen molar-refractivity contribution in [2.45, 2.75) is 39.2 Å². The molecule has 0 aliphatic rings. The molecule has 96 valence electrons. The van der Waals surface area contributed by atoms with Crippen LogP contribution in [0.4, 0.5) is 0 Å². The molecule has 1 atom stereocenters. The second kappa shape index (κ2) is 6.93. The normalized spacial score (nSPS) is 12.2. The second-order valence-electron chi connectivity index (χ2n) is 4.67. The van der Waals surface area contributed by atoms with Gasteiger partial charge in [0.05, 0.1) is 17.6 Å². The number of carbonyl (C=O) groups is 1. The van der Waals surface area contributed by atoms with Crippen LogP contribution in [-0.4, -0.2) is 18.4 Å². The first-order valence-corrected chi connectivity index (χ1v) is 6.34. The Bertz CT molecular complexity index is 429. The zero-order valence-corrected chi connectivity index (χ0v) is 11.2. The molecule has 1 aromatic rings. The maximum Gasteiger partial charge on any atom is 0.141 e. The van der Waals surface area contributed by atoms with Crippen LogP contribution in [0.25, 0.3) is 0 Å². The smallest absolute Gasteiger partial charge is 0.141 e. The number of Topliss-reactive ketones (excluding diaryl/α,β-unsaturated/α-hetero) is 1. The van der Waals surface area contributed by atoms with Crippen molar-refractivity contribution >= 4 is 5.78 Å². The molecule has 0 aliphatic heterocycles. The minimum Gasteiger partial charge on any atom is -0.313 e. The Balaban J connectivity index is 2.87. The van der Waals surface area contributed by atoms with Gasteiger partial charge in [-0.15, -0.1) is 0 Å². The first kappa shape index (κ1) is 14.4. The Morgan fingerprint density at radius 2 is 1.94 bits per heavy atom. The van der Waals surface area contributed by atoms with E-state index in [9.17, 15) is 4.79 Å². The molecule has 1 rings (SSSR count). The lowest BCUT2D eigenvalue weighted by atomic mass is 9.92. The zero-order chi connectivity index (χ0) is 13.5. The molecule has 3 nitrogen and oxygen atoms in total. The van der Waals surface area contributed by atoms with Gasteiger partial charge in [0.1, 0.15) is 5.78 Å². The van der Waals surface area contributed by atoms with E-state index in [-0.39, 0.29) is 11.7 Å². The average molecular weight is 244 g/mol. The van der Waals surface area contributed by atoms with Gasteiger partial charge >= 0.3 is 0 Å². The molecule has 0 aliphatic carbocycles. The summed E-state index contributed by atoms with van der Waals surface area (Å²) in [5.41, 5.74) is 1.60. The van der Waals surface area contributed by atoms with Gasteiger partial charge in [0.25, 0.3) is 0 Å². The molecule has 0 heterocycles. The summed E-state index contributed by atoms with van der Waals surface area (Å²) in [5, 5.41) is 12.1. The summed E-state index contributed by atoms with van der Waals surface area (Å²) in [4.78, 5) is 12.0. The van der Waals surface area contributed by atoms with Crippen LogP contribution in [0, 0.1) is 11.3 Å². The van der Waals surface area contributed by atoms with E-state index in [1.165, 1.54) is 0 Å². The second-order valence-corrected chi connectivity index (χ2v) is 4.67. The van der Waals surface area contributed by atoms with Crippen molar-refractivity contribution in [3.63, 3.8) is 0 Å². The van der Waals surface area contributed by atoms with Crippen molar-refractivity contribution in [1.82, 2.24) is 5.32 Å². The summed E-state index contributed by atoms with van der Waals surface area (Å²) < 4.78 is 0. The van der Waals surface area contributed by atoms with Crippen LogP contribution in [0.15, 0.2) is 24.3 Å². The maximum absolute atomic E-state index is 12.0. The maximum atomic E-state index is 12.0. The summed E-state index contributed by atoms with van der Waals surface area (Å²) in [6.45, 7) is 6.66. The summed E-state index contributed by atoms with van der Waals surface area (Å²) in [7, 11) is 0. The predicted octanol–water partition coefficient (Wildman–Crippen LogP) is 2.62. The van der Waals surface area contributed by atoms with Gasteiger partial charge in [-0.2, -0.15) is 5.26 Å². The number of ketones is 1. The van der Waals surface area contributed by atoms with Crippen LogP contribution < -0.4 is 5.32 Å². The number of carbonyl (C=O) groups excluding carboxylic acids is 1. The predicted molar refractivity (Wildman–Crippen MR) is 72.3 cm³/mol. The third kappa shape index (κ3) is 3.97. The number of hydrogen-bond acceptors (Lipinski definition) is 3. The molecule has 0 bridgehead atoms. The van der Waals surface area contributed by atoms with Crippen molar-refractivity contribution in [2.24, 2.45) is 0 Å². The third-order valence-corrected chi connectivity index (χ3v) is 2.91. The molecule has 0 saturated heterocycles. The van der Waals surface area contributed by atoms with Crippen LogP contribution >= 0.6 is 0 Å². The van der Waals surface area contributed by atoms with E-state index in [0.717, 1.165) is 5.56 Å². The minimum absolute atomic E-state index is 0.120. The van der Waals surface area contributed by atoms with Gasteiger partial charge in [-0.25, -0.2) is 0 Å². The molecule has 0 radical (unpaired) electrons. The van der Waals surface area contributed by atoms with Crippen molar-refractivity contribution < 1.29 is 4.79 Å².